The predicted octanol–water partition coefficient (Wildman–Crippen LogP) is 5.53. The molecule has 0 radical (unpaired) electrons. The largest absolute Gasteiger partial charge is 0.490 e. The van der Waals surface area contributed by atoms with Crippen LogP contribution in [0.5, 0.6) is 11.5 Å². The predicted molar refractivity (Wildman–Crippen MR) is 143 cm³/mol. The van der Waals surface area contributed by atoms with E-state index in [1.165, 1.54) is 6.21 Å². The maximum absolute atomic E-state index is 12.4. The summed E-state index contributed by atoms with van der Waals surface area (Å²) in [6, 6.07) is 18.5. The highest BCUT2D eigenvalue weighted by Crippen LogP contribution is 2.29. The number of amides is 2. The Balaban J connectivity index is 1.62. The molecule has 3 aromatic rings. The van der Waals surface area contributed by atoms with Gasteiger partial charge in [-0.1, -0.05) is 55.8 Å². The van der Waals surface area contributed by atoms with Crippen LogP contribution in [0.1, 0.15) is 43.0 Å². The number of anilines is 1. The van der Waals surface area contributed by atoms with Gasteiger partial charge in [-0.05, 0) is 72.4 Å². The summed E-state index contributed by atoms with van der Waals surface area (Å²) in [6.45, 7) is 6.69. The molecule has 0 atom stereocenters. The number of hydrogen-bond acceptors (Lipinski definition) is 5. The van der Waals surface area contributed by atoms with Gasteiger partial charge in [0.15, 0.2) is 11.5 Å². The first-order valence-corrected chi connectivity index (χ1v) is 12.2. The Hall–Kier alpha value is -3.84. The summed E-state index contributed by atoms with van der Waals surface area (Å²) in [5.41, 5.74) is 6.55. The molecule has 2 amide bonds. The second-order valence-electron chi connectivity index (χ2n) is 7.87. The van der Waals surface area contributed by atoms with Gasteiger partial charge < -0.3 is 14.8 Å². The van der Waals surface area contributed by atoms with Crippen LogP contribution in [-0.4, -0.2) is 24.6 Å². The van der Waals surface area contributed by atoms with Gasteiger partial charge in [0.2, 0.25) is 0 Å². The molecule has 0 saturated carbocycles. The number of para-hydroxylation sites is 1. The van der Waals surface area contributed by atoms with E-state index >= 15 is 0 Å². The maximum Gasteiger partial charge on any atom is 0.329 e. The van der Waals surface area contributed by atoms with Crippen molar-refractivity contribution in [3.8, 4) is 11.5 Å². The van der Waals surface area contributed by atoms with Gasteiger partial charge in [0.05, 0.1) is 12.8 Å². The molecule has 188 valence electrons. The zero-order valence-electron chi connectivity index (χ0n) is 20.6. The van der Waals surface area contributed by atoms with Crippen LogP contribution < -0.4 is 20.2 Å². The molecule has 0 saturated heterocycles. The van der Waals surface area contributed by atoms with Crippen molar-refractivity contribution >= 4 is 35.3 Å². The third-order valence-electron chi connectivity index (χ3n) is 5.40. The van der Waals surface area contributed by atoms with Crippen molar-refractivity contribution in [3.05, 3.63) is 87.9 Å². The highest BCUT2D eigenvalue weighted by molar-refractivity contribution is 6.39. The van der Waals surface area contributed by atoms with Crippen LogP contribution >= 0.6 is 11.6 Å². The van der Waals surface area contributed by atoms with Crippen molar-refractivity contribution in [2.75, 3.05) is 11.9 Å². The number of carbonyl (C=O) groups is 2. The molecule has 0 aliphatic rings. The molecule has 0 spiro atoms. The minimum Gasteiger partial charge on any atom is -0.490 e. The van der Waals surface area contributed by atoms with E-state index in [0.717, 1.165) is 29.5 Å². The summed E-state index contributed by atoms with van der Waals surface area (Å²) in [5, 5.41) is 7.32. The van der Waals surface area contributed by atoms with Gasteiger partial charge in [-0.3, -0.25) is 9.59 Å². The van der Waals surface area contributed by atoms with Gasteiger partial charge in [-0.25, -0.2) is 5.43 Å². The minimum absolute atomic E-state index is 0.358. The van der Waals surface area contributed by atoms with E-state index in [9.17, 15) is 9.59 Å². The SMILES string of the molecule is CCOc1cc(/C=N\NC(=O)C(=O)Nc2c(CC)cccc2CC)ccc1OCc1ccc(Cl)cc1. The number of rotatable bonds is 10. The number of ether oxygens (including phenoxy) is 2. The summed E-state index contributed by atoms with van der Waals surface area (Å²) < 4.78 is 11.6. The fourth-order valence-electron chi connectivity index (χ4n) is 3.52. The smallest absolute Gasteiger partial charge is 0.329 e. The summed E-state index contributed by atoms with van der Waals surface area (Å²) >= 11 is 5.93. The van der Waals surface area contributed by atoms with Crippen molar-refractivity contribution in [3.63, 3.8) is 0 Å². The number of benzene rings is 3. The van der Waals surface area contributed by atoms with Gasteiger partial charge in [0, 0.05) is 10.7 Å². The zero-order chi connectivity index (χ0) is 25.9. The van der Waals surface area contributed by atoms with Crippen molar-refractivity contribution in [2.45, 2.75) is 40.2 Å². The average Bonchev–Trinajstić information content (AvgIpc) is 2.89. The first kappa shape index (κ1) is 26.8. The van der Waals surface area contributed by atoms with E-state index in [0.29, 0.717) is 41.0 Å². The van der Waals surface area contributed by atoms with E-state index < -0.39 is 11.8 Å². The lowest BCUT2D eigenvalue weighted by Gasteiger charge is -2.13. The lowest BCUT2D eigenvalue weighted by Crippen LogP contribution is -2.33. The average molecular weight is 508 g/mol. The number of nitrogens with zero attached hydrogens (tertiary/aromatic N) is 1. The molecular weight excluding hydrogens is 478 g/mol. The Bertz CT molecular complexity index is 1200. The minimum atomic E-state index is -0.854. The summed E-state index contributed by atoms with van der Waals surface area (Å²) in [4.78, 5) is 24.8. The summed E-state index contributed by atoms with van der Waals surface area (Å²) in [7, 11) is 0. The quantitative estimate of drug-likeness (QED) is 0.214. The number of nitrogens with one attached hydrogen (secondary N) is 2. The van der Waals surface area contributed by atoms with Gasteiger partial charge >= 0.3 is 11.8 Å². The molecule has 36 heavy (non-hydrogen) atoms. The number of aryl methyl sites for hydroxylation is 2. The molecule has 0 unspecified atom stereocenters. The summed E-state index contributed by atoms with van der Waals surface area (Å²) in [5.74, 6) is -0.507. The van der Waals surface area contributed by atoms with Crippen LogP contribution in [0.2, 0.25) is 5.02 Å². The number of halogens is 1. The monoisotopic (exact) mass is 507 g/mol. The molecule has 2 N–H and O–H groups in total. The molecule has 7 nitrogen and oxygen atoms in total. The third-order valence-corrected chi connectivity index (χ3v) is 5.65. The topological polar surface area (TPSA) is 89.0 Å². The molecule has 0 bridgehead atoms. The normalized spacial score (nSPS) is 10.8. The molecule has 3 aromatic carbocycles. The lowest BCUT2D eigenvalue weighted by atomic mass is 10.0. The fraction of sp³-hybridized carbons (Fsp3) is 0.250. The van der Waals surface area contributed by atoms with E-state index in [2.05, 4.69) is 15.8 Å². The van der Waals surface area contributed by atoms with E-state index in [1.54, 1.807) is 18.2 Å². The summed E-state index contributed by atoms with van der Waals surface area (Å²) in [6.07, 6.45) is 2.92. The van der Waals surface area contributed by atoms with Crippen LogP contribution in [0.15, 0.2) is 65.8 Å². The molecule has 0 heterocycles. The maximum atomic E-state index is 12.4. The Morgan fingerprint density at radius 3 is 2.22 bits per heavy atom. The van der Waals surface area contributed by atoms with Crippen molar-refractivity contribution in [1.82, 2.24) is 5.43 Å². The van der Waals surface area contributed by atoms with E-state index in [1.807, 2.05) is 63.2 Å². The highest BCUT2D eigenvalue weighted by atomic mass is 35.5. The van der Waals surface area contributed by atoms with Crippen LogP contribution in [0.25, 0.3) is 0 Å². The van der Waals surface area contributed by atoms with Crippen LogP contribution in [0.3, 0.4) is 0 Å². The Labute approximate surface area is 216 Å². The van der Waals surface area contributed by atoms with Crippen molar-refractivity contribution in [1.29, 1.82) is 0 Å². The lowest BCUT2D eigenvalue weighted by molar-refractivity contribution is -0.136. The van der Waals surface area contributed by atoms with Gasteiger partial charge in [0.25, 0.3) is 0 Å². The van der Waals surface area contributed by atoms with Gasteiger partial charge in [-0.2, -0.15) is 5.10 Å². The van der Waals surface area contributed by atoms with Crippen molar-refractivity contribution < 1.29 is 19.1 Å². The van der Waals surface area contributed by atoms with Gasteiger partial charge in [0.1, 0.15) is 6.61 Å². The molecule has 0 aliphatic heterocycles. The molecule has 0 aromatic heterocycles. The molecule has 8 heteroatoms. The third kappa shape index (κ3) is 7.33. The Kier molecular flexibility index (Phi) is 9.89. The number of hydrazone groups is 1. The number of hydrogen-bond donors (Lipinski definition) is 2. The fourth-order valence-corrected chi connectivity index (χ4v) is 3.65. The Morgan fingerprint density at radius 2 is 1.58 bits per heavy atom. The Morgan fingerprint density at radius 1 is 0.889 bits per heavy atom. The molecule has 0 fully saturated rings. The van der Waals surface area contributed by atoms with Crippen LogP contribution in [0, 0.1) is 0 Å². The number of carbonyl (C=O) groups excluding carboxylic acids is 2. The van der Waals surface area contributed by atoms with E-state index in [4.69, 9.17) is 21.1 Å². The standard InChI is InChI=1S/C28H30ClN3O4/c1-4-21-8-7-9-22(5-2)26(21)31-27(33)28(34)32-30-17-20-12-15-24(25(16-20)35-6-3)36-18-19-10-13-23(29)14-11-19/h7-17H,4-6,18H2,1-3H3,(H,31,33)(H,32,34)/b30-17-. The van der Waals surface area contributed by atoms with Crippen LogP contribution in [-0.2, 0) is 29.0 Å². The second-order valence-corrected chi connectivity index (χ2v) is 8.30. The highest BCUT2D eigenvalue weighted by Gasteiger charge is 2.16. The van der Waals surface area contributed by atoms with E-state index in [-0.39, 0.29) is 0 Å². The second kappa shape index (κ2) is 13.3. The first-order valence-electron chi connectivity index (χ1n) is 11.8. The molecular formula is C28H30ClN3O4. The van der Waals surface area contributed by atoms with Crippen LogP contribution in [0.4, 0.5) is 5.69 Å². The van der Waals surface area contributed by atoms with Gasteiger partial charge in [-0.15, -0.1) is 0 Å². The van der Waals surface area contributed by atoms with Crippen molar-refractivity contribution in [2.24, 2.45) is 5.10 Å². The molecule has 3 rings (SSSR count). The first-order chi connectivity index (χ1) is 17.4. The zero-order valence-corrected chi connectivity index (χ0v) is 21.4. The molecule has 0 aliphatic carbocycles.